The van der Waals surface area contributed by atoms with E-state index in [0.29, 0.717) is 18.4 Å². The van der Waals surface area contributed by atoms with Gasteiger partial charge >= 0.3 is 0 Å². The lowest BCUT2D eigenvalue weighted by atomic mass is 9.93. The van der Waals surface area contributed by atoms with Crippen molar-refractivity contribution in [3.8, 4) is 0 Å². The zero-order valence-electron chi connectivity index (χ0n) is 11.1. The minimum Gasteiger partial charge on any atom is -0.392 e. The Kier molecular flexibility index (Phi) is 4.75. The molecule has 0 aliphatic carbocycles. The smallest absolute Gasteiger partial charge is 0.0693 e. The Bertz CT molecular complexity index is 355. The fraction of sp³-hybridized carbons (Fsp3) is 0.600. The van der Waals surface area contributed by atoms with Crippen LogP contribution in [0.2, 0.25) is 0 Å². The standard InChI is InChI=1S/C15H24N2O/c1-12-7-8-17(11-15(12)18)10-14(9-16)13-5-3-2-4-6-13/h2-6,12,14-15,18H,7-11,16H2,1H3. The molecular formula is C15H24N2O. The van der Waals surface area contributed by atoms with Crippen LogP contribution in [-0.2, 0) is 0 Å². The lowest BCUT2D eigenvalue weighted by Crippen LogP contribution is -2.45. The van der Waals surface area contributed by atoms with Crippen LogP contribution in [0.25, 0.3) is 0 Å². The largest absolute Gasteiger partial charge is 0.392 e. The molecule has 3 unspecified atom stereocenters. The average molecular weight is 248 g/mol. The Hall–Kier alpha value is -0.900. The van der Waals surface area contributed by atoms with E-state index in [9.17, 15) is 5.11 Å². The highest BCUT2D eigenvalue weighted by Crippen LogP contribution is 2.21. The highest BCUT2D eigenvalue weighted by atomic mass is 16.3. The Morgan fingerprint density at radius 3 is 2.72 bits per heavy atom. The van der Waals surface area contributed by atoms with Crippen molar-refractivity contribution in [1.82, 2.24) is 4.90 Å². The molecule has 2 rings (SSSR count). The van der Waals surface area contributed by atoms with Gasteiger partial charge in [-0.3, -0.25) is 0 Å². The quantitative estimate of drug-likeness (QED) is 0.847. The van der Waals surface area contributed by atoms with Gasteiger partial charge in [0, 0.05) is 25.6 Å². The molecule has 1 heterocycles. The first-order valence-electron chi connectivity index (χ1n) is 6.86. The van der Waals surface area contributed by atoms with Crippen LogP contribution in [0.3, 0.4) is 0 Å². The van der Waals surface area contributed by atoms with Gasteiger partial charge < -0.3 is 15.7 Å². The number of aliphatic hydroxyl groups excluding tert-OH is 1. The molecule has 0 spiro atoms. The van der Waals surface area contributed by atoms with Crippen LogP contribution in [0, 0.1) is 5.92 Å². The van der Waals surface area contributed by atoms with Crippen LogP contribution >= 0.6 is 0 Å². The summed E-state index contributed by atoms with van der Waals surface area (Å²) in [4.78, 5) is 2.34. The van der Waals surface area contributed by atoms with Gasteiger partial charge in [-0.1, -0.05) is 37.3 Å². The van der Waals surface area contributed by atoms with Gasteiger partial charge in [0.2, 0.25) is 0 Å². The maximum atomic E-state index is 9.93. The van der Waals surface area contributed by atoms with Gasteiger partial charge in [-0.25, -0.2) is 0 Å². The number of nitrogens with two attached hydrogens (primary N) is 1. The van der Waals surface area contributed by atoms with E-state index >= 15 is 0 Å². The molecule has 3 atom stereocenters. The molecule has 0 aromatic heterocycles. The first-order valence-corrected chi connectivity index (χ1v) is 6.86. The second kappa shape index (κ2) is 6.32. The van der Waals surface area contributed by atoms with Crippen molar-refractivity contribution in [2.75, 3.05) is 26.2 Å². The van der Waals surface area contributed by atoms with E-state index in [1.165, 1.54) is 5.56 Å². The zero-order chi connectivity index (χ0) is 13.0. The molecule has 1 saturated heterocycles. The lowest BCUT2D eigenvalue weighted by Gasteiger charge is -2.36. The maximum absolute atomic E-state index is 9.93. The summed E-state index contributed by atoms with van der Waals surface area (Å²) >= 11 is 0. The van der Waals surface area contributed by atoms with Crippen LogP contribution in [-0.4, -0.2) is 42.3 Å². The third-order valence-corrected chi connectivity index (χ3v) is 4.04. The summed E-state index contributed by atoms with van der Waals surface area (Å²) in [7, 11) is 0. The summed E-state index contributed by atoms with van der Waals surface area (Å²) in [6, 6.07) is 10.4. The number of β-amino-alcohol motifs (C(OH)–C–C–N with tert-alkyl or cyclic N) is 1. The molecular weight excluding hydrogens is 224 g/mol. The number of benzene rings is 1. The topological polar surface area (TPSA) is 49.5 Å². The highest BCUT2D eigenvalue weighted by Gasteiger charge is 2.25. The second-order valence-electron chi connectivity index (χ2n) is 5.44. The molecule has 18 heavy (non-hydrogen) atoms. The molecule has 1 aliphatic rings. The summed E-state index contributed by atoms with van der Waals surface area (Å²) in [5.74, 6) is 0.793. The second-order valence-corrected chi connectivity index (χ2v) is 5.44. The molecule has 1 aromatic carbocycles. The van der Waals surface area contributed by atoms with E-state index < -0.39 is 0 Å². The maximum Gasteiger partial charge on any atom is 0.0693 e. The van der Waals surface area contributed by atoms with Crippen molar-refractivity contribution >= 4 is 0 Å². The predicted octanol–water partition coefficient (Wildman–Crippen LogP) is 1.43. The molecule has 1 aliphatic heterocycles. The van der Waals surface area contributed by atoms with Crippen molar-refractivity contribution in [3.63, 3.8) is 0 Å². The summed E-state index contributed by atoms with van der Waals surface area (Å²) in [6.07, 6.45) is 0.890. The van der Waals surface area contributed by atoms with Gasteiger partial charge in [-0.2, -0.15) is 0 Å². The van der Waals surface area contributed by atoms with E-state index in [1.54, 1.807) is 0 Å². The number of nitrogens with zero attached hydrogens (tertiary/aromatic N) is 1. The van der Waals surface area contributed by atoms with Gasteiger partial charge in [0.05, 0.1) is 6.10 Å². The number of hydrogen-bond donors (Lipinski definition) is 2. The highest BCUT2D eigenvalue weighted by molar-refractivity contribution is 5.20. The zero-order valence-corrected chi connectivity index (χ0v) is 11.1. The van der Waals surface area contributed by atoms with Gasteiger partial charge in [0.15, 0.2) is 0 Å². The normalized spacial score (nSPS) is 27.1. The van der Waals surface area contributed by atoms with Gasteiger partial charge in [-0.05, 0) is 24.4 Å². The SMILES string of the molecule is CC1CCN(CC(CN)c2ccccc2)CC1O. The Labute approximate surface area is 110 Å². The fourth-order valence-corrected chi connectivity index (χ4v) is 2.63. The van der Waals surface area contributed by atoms with Crippen molar-refractivity contribution in [2.45, 2.75) is 25.4 Å². The van der Waals surface area contributed by atoms with Crippen molar-refractivity contribution in [2.24, 2.45) is 11.7 Å². The molecule has 0 radical (unpaired) electrons. The molecule has 1 fully saturated rings. The van der Waals surface area contributed by atoms with Crippen molar-refractivity contribution in [1.29, 1.82) is 0 Å². The Balaban J connectivity index is 1.95. The van der Waals surface area contributed by atoms with Crippen LogP contribution in [0.4, 0.5) is 0 Å². The monoisotopic (exact) mass is 248 g/mol. The van der Waals surface area contributed by atoms with Gasteiger partial charge in [0.1, 0.15) is 0 Å². The third kappa shape index (κ3) is 3.31. The number of rotatable bonds is 4. The molecule has 0 amide bonds. The summed E-state index contributed by atoms with van der Waals surface area (Å²) in [5, 5.41) is 9.93. The summed E-state index contributed by atoms with van der Waals surface area (Å²) < 4.78 is 0. The molecule has 3 nitrogen and oxygen atoms in total. The van der Waals surface area contributed by atoms with Gasteiger partial charge in [0.25, 0.3) is 0 Å². The lowest BCUT2D eigenvalue weighted by molar-refractivity contribution is 0.0270. The fourth-order valence-electron chi connectivity index (χ4n) is 2.63. The molecule has 100 valence electrons. The Morgan fingerprint density at radius 1 is 1.39 bits per heavy atom. The third-order valence-electron chi connectivity index (χ3n) is 4.04. The number of aliphatic hydroxyl groups is 1. The van der Waals surface area contributed by atoms with Gasteiger partial charge in [-0.15, -0.1) is 0 Å². The molecule has 0 saturated carbocycles. The van der Waals surface area contributed by atoms with Crippen LogP contribution in [0.1, 0.15) is 24.8 Å². The minimum absolute atomic E-state index is 0.187. The van der Waals surface area contributed by atoms with Crippen LogP contribution in [0.15, 0.2) is 30.3 Å². The van der Waals surface area contributed by atoms with Crippen LogP contribution in [0.5, 0.6) is 0 Å². The van der Waals surface area contributed by atoms with Crippen LogP contribution < -0.4 is 5.73 Å². The predicted molar refractivity (Wildman–Crippen MR) is 74.5 cm³/mol. The molecule has 3 N–H and O–H groups in total. The number of likely N-dealkylation sites (tertiary alicyclic amines) is 1. The van der Waals surface area contributed by atoms with Crippen molar-refractivity contribution < 1.29 is 5.11 Å². The van der Waals surface area contributed by atoms with E-state index in [-0.39, 0.29) is 6.10 Å². The van der Waals surface area contributed by atoms with Crippen molar-refractivity contribution in [3.05, 3.63) is 35.9 Å². The number of piperidine rings is 1. The summed E-state index contributed by atoms with van der Waals surface area (Å²) in [5.41, 5.74) is 7.19. The molecule has 1 aromatic rings. The number of hydrogen-bond acceptors (Lipinski definition) is 3. The van der Waals surface area contributed by atoms with E-state index in [0.717, 1.165) is 26.1 Å². The Morgan fingerprint density at radius 2 is 2.11 bits per heavy atom. The first kappa shape index (κ1) is 13.5. The van der Waals surface area contributed by atoms with E-state index in [1.807, 2.05) is 6.07 Å². The molecule has 3 heteroatoms. The van der Waals surface area contributed by atoms with E-state index in [2.05, 4.69) is 36.1 Å². The molecule has 0 bridgehead atoms. The average Bonchev–Trinajstić information content (AvgIpc) is 2.41. The minimum atomic E-state index is -0.187. The summed E-state index contributed by atoms with van der Waals surface area (Å²) in [6.45, 7) is 5.59. The first-order chi connectivity index (χ1) is 8.70. The van der Waals surface area contributed by atoms with E-state index in [4.69, 9.17) is 5.73 Å².